The van der Waals surface area contributed by atoms with Gasteiger partial charge in [0, 0.05) is 26.7 Å². The van der Waals surface area contributed by atoms with E-state index in [0.717, 1.165) is 42.4 Å². The molecule has 0 amide bonds. The standard InChI is InChI=1S/C11H19BrN4O/c1-8-14-11(12)10(15(8)2)9(7-13)16-3-5-17-6-4-16/h9H,3-7,13H2,1-2H3. The van der Waals surface area contributed by atoms with Crippen molar-refractivity contribution in [3.63, 3.8) is 0 Å². The first-order valence-corrected chi connectivity index (χ1v) is 6.65. The van der Waals surface area contributed by atoms with Gasteiger partial charge in [-0.2, -0.15) is 0 Å². The first kappa shape index (κ1) is 13.0. The van der Waals surface area contributed by atoms with Crippen LogP contribution in [0.15, 0.2) is 4.60 Å². The van der Waals surface area contributed by atoms with Crippen molar-refractivity contribution in [3.8, 4) is 0 Å². The number of nitrogens with zero attached hydrogens (tertiary/aromatic N) is 3. The first-order valence-electron chi connectivity index (χ1n) is 5.85. The van der Waals surface area contributed by atoms with Crippen LogP contribution < -0.4 is 5.73 Å². The zero-order valence-corrected chi connectivity index (χ0v) is 11.9. The van der Waals surface area contributed by atoms with E-state index < -0.39 is 0 Å². The van der Waals surface area contributed by atoms with Crippen LogP contribution in [0.1, 0.15) is 17.6 Å². The number of aryl methyl sites for hydroxylation is 1. The predicted molar refractivity (Wildman–Crippen MR) is 69.8 cm³/mol. The van der Waals surface area contributed by atoms with Gasteiger partial charge in [-0.3, -0.25) is 4.90 Å². The van der Waals surface area contributed by atoms with Crippen LogP contribution in [0.2, 0.25) is 0 Å². The van der Waals surface area contributed by atoms with Gasteiger partial charge in [0.05, 0.1) is 24.9 Å². The molecule has 1 aromatic rings. The molecule has 1 saturated heterocycles. The third-order valence-electron chi connectivity index (χ3n) is 3.34. The molecule has 0 radical (unpaired) electrons. The Labute approximate surface area is 110 Å². The molecule has 0 aliphatic carbocycles. The fraction of sp³-hybridized carbons (Fsp3) is 0.727. The van der Waals surface area contributed by atoms with E-state index in [4.69, 9.17) is 10.5 Å². The van der Waals surface area contributed by atoms with Crippen LogP contribution in [-0.2, 0) is 11.8 Å². The lowest BCUT2D eigenvalue weighted by molar-refractivity contribution is 0.0163. The molecule has 17 heavy (non-hydrogen) atoms. The molecule has 2 heterocycles. The zero-order chi connectivity index (χ0) is 12.4. The topological polar surface area (TPSA) is 56.3 Å². The highest BCUT2D eigenvalue weighted by atomic mass is 79.9. The number of hydrogen-bond acceptors (Lipinski definition) is 4. The van der Waals surface area contributed by atoms with E-state index in [1.165, 1.54) is 0 Å². The van der Waals surface area contributed by atoms with Crippen molar-refractivity contribution in [2.45, 2.75) is 13.0 Å². The average Bonchev–Trinajstić information content (AvgIpc) is 2.58. The van der Waals surface area contributed by atoms with Crippen molar-refractivity contribution in [1.29, 1.82) is 0 Å². The molecule has 96 valence electrons. The van der Waals surface area contributed by atoms with E-state index in [1.807, 2.05) is 14.0 Å². The zero-order valence-electron chi connectivity index (χ0n) is 10.3. The second-order valence-corrected chi connectivity index (χ2v) is 5.05. The Morgan fingerprint density at radius 3 is 2.59 bits per heavy atom. The van der Waals surface area contributed by atoms with Gasteiger partial charge >= 0.3 is 0 Å². The highest BCUT2D eigenvalue weighted by Crippen LogP contribution is 2.27. The highest BCUT2D eigenvalue weighted by Gasteiger charge is 2.26. The maximum absolute atomic E-state index is 5.94. The van der Waals surface area contributed by atoms with E-state index in [-0.39, 0.29) is 6.04 Å². The number of ether oxygens (including phenoxy) is 1. The second-order valence-electron chi connectivity index (χ2n) is 4.29. The Morgan fingerprint density at radius 2 is 2.12 bits per heavy atom. The summed E-state index contributed by atoms with van der Waals surface area (Å²) in [4.78, 5) is 6.81. The molecule has 1 unspecified atom stereocenters. The summed E-state index contributed by atoms with van der Waals surface area (Å²) in [5, 5.41) is 0. The van der Waals surface area contributed by atoms with Gasteiger partial charge < -0.3 is 15.0 Å². The Kier molecular flexibility index (Phi) is 4.19. The molecule has 0 spiro atoms. The molecule has 1 atom stereocenters. The maximum Gasteiger partial charge on any atom is 0.129 e. The number of morpholine rings is 1. The summed E-state index contributed by atoms with van der Waals surface area (Å²) in [5.74, 6) is 0.999. The molecule has 1 fully saturated rings. The summed E-state index contributed by atoms with van der Waals surface area (Å²) in [7, 11) is 2.03. The molecule has 0 bridgehead atoms. The number of imidazole rings is 1. The van der Waals surface area contributed by atoms with Crippen LogP contribution in [0, 0.1) is 6.92 Å². The lowest BCUT2D eigenvalue weighted by atomic mass is 10.1. The third kappa shape index (κ3) is 2.54. The second kappa shape index (κ2) is 5.48. The summed E-state index contributed by atoms with van der Waals surface area (Å²) in [6, 6.07) is 0.208. The lowest BCUT2D eigenvalue weighted by Gasteiger charge is -2.34. The van der Waals surface area contributed by atoms with Crippen molar-refractivity contribution in [3.05, 3.63) is 16.1 Å². The molecule has 6 heteroatoms. The monoisotopic (exact) mass is 302 g/mol. The Morgan fingerprint density at radius 1 is 1.47 bits per heavy atom. The minimum absolute atomic E-state index is 0.208. The van der Waals surface area contributed by atoms with Crippen LogP contribution in [0.25, 0.3) is 0 Å². The van der Waals surface area contributed by atoms with Crippen LogP contribution in [-0.4, -0.2) is 47.3 Å². The highest BCUT2D eigenvalue weighted by molar-refractivity contribution is 9.10. The summed E-state index contributed by atoms with van der Waals surface area (Å²) in [6.07, 6.45) is 0. The summed E-state index contributed by atoms with van der Waals surface area (Å²) < 4.78 is 8.39. The molecular weight excluding hydrogens is 284 g/mol. The lowest BCUT2D eigenvalue weighted by Crippen LogP contribution is -2.42. The van der Waals surface area contributed by atoms with E-state index in [9.17, 15) is 0 Å². The van der Waals surface area contributed by atoms with Gasteiger partial charge in [0.1, 0.15) is 10.4 Å². The SMILES string of the molecule is Cc1nc(Br)c(C(CN)N2CCOCC2)n1C. The third-order valence-corrected chi connectivity index (χ3v) is 3.93. The number of aromatic nitrogens is 2. The normalized spacial score (nSPS) is 19.5. The Bertz CT molecular complexity index is 387. The number of nitrogens with two attached hydrogens (primary N) is 1. The summed E-state index contributed by atoms with van der Waals surface area (Å²) in [5.41, 5.74) is 7.10. The molecule has 5 nitrogen and oxygen atoms in total. The summed E-state index contributed by atoms with van der Waals surface area (Å²) >= 11 is 3.53. The average molecular weight is 303 g/mol. The molecule has 1 aromatic heterocycles. The van der Waals surface area contributed by atoms with Gasteiger partial charge in [0.2, 0.25) is 0 Å². The van der Waals surface area contributed by atoms with Crippen molar-refractivity contribution in [1.82, 2.24) is 14.5 Å². The molecule has 1 aliphatic heterocycles. The molecule has 2 rings (SSSR count). The first-order chi connectivity index (χ1) is 8.15. The van der Waals surface area contributed by atoms with E-state index >= 15 is 0 Å². The maximum atomic E-state index is 5.94. The van der Waals surface area contributed by atoms with Crippen molar-refractivity contribution in [2.24, 2.45) is 12.8 Å². The molecule has 1 aliphatic rings. The predicted octanol–water partition coefficient (Wildman–Crippen LogP) is 0.823. The van der Waals surface area contributed by atoms with E-state index in [2.05, 4.69) is 30.4 Å². The smallest absolute Gasteiger partial charge is 0.129 e. The van der Waals surface area contributed by atoms with Gasteiger partial charge in [-0.15, -0.1) is 0 Å². The molecular formula is C11H19BrN4O. The summed E-state index contributed by atoms with van der Waals surface area (Å²) in [6.45, 7) is 6.02. The number of halogens is 1. The van der Waals surface area contributed by atoms with Gasteiger partial charge in [-0.05, 0) is 22.9 Å². The van der Waals surface area contributed by atoms with Crippen molar-refractivity contribution < 1.29 is 4.74 Å². The van der Waals surface area contributed by atoms with E-state index in [1.54, 1.807) is 0 Å². The minimum Gasteiger partial charge on any atom is -0.379 e. The Hall–Kier alpha value is -0.430. The van der Waals surface area contributed by atoms with Crippen LogP contribution >= 0.6 is 15.9 Å². The quantitative estimate of drug-likeness (QED) is 0.898. The Balaban J connectivity index is 2.27. The van der Waals surface area contributed by atoms with Gasteiger partial charge in [-0.25, -0.2) is 4.98 Å². The molecule has 0 aromatic carbocycles. The largest absolute Gasteiger partial charge is 0.379 e. The van der Waals surface area contributed by atoms with Crippen molar-refractivity contribution in [2.75, 3.05) is 32.8 Å². The molecule has 2 N–H and O–H groups in total. The number of rotatable bonds is 3. The van der Waals surface area contributed by atoms with Crippen LogP contribution in [0.5, 0.6) is 0 Å². The van der Waals surface area contributed by atoms with Gasteiger partial charge in [0.15, 0.2) is 0 Å². The van der Waals surface area contributed by atoms with Crippen LogP contribution in [0.3, 0.4) is 0 Å². The fourth-order valence-corrected chi connectivity index (χ4v) is 3.06. The molecule has 0 saturated carbocycles. The van der Waals surface area contributed by atoms with Crippen LogP contribution in [0.4, 0.5) is 0 Å². The number of hydrogen-bond donors (Lipinski definition) is 1. The van der Waals surface area contributed by atoms with Gasteiger partial charge in [0.25, 0.3) is 0 Å². The minimum atomic E-state index is 0.208. The van der Waals surface area contributed by atoms with Crippen molar-refractivity contribution >= 4 is 15.9 Å². The van der Waals surface area contributed by atoms with Gasteiger partial charge in [-0.1, -0.05) is 0 Å². The van der Waals surface area contributed by atoms with E-state index in [0.29, 0.717) is 6.54 Å². The fourth-order valence-electron chi connectivity index (χ4n) is 2.27.